The molecule has 2 rings (SSSR count). The third-order valence-corrected chi connectivity index (χ3v) is 3.27. The molecule has 2 aromatic carbocycles. The number of rotatable bonds is 5. The third kappa shape index (κ3) is 3.91. The number of aromatic carboxylic acids is 1. The first-order valence-electron chi connectivity index (χ1n) is 6.76. The van der Waals surface area contributed by atoms with E-state index in [0.717, 1.165) is 22.8 Å². The van der Waals surface area contributed by atoms with Crippen molar-refractivity contribution in [3.63, 3.8) is 0 Å². The van der Waals surface area contributed by atoms with Crippen LogP contribution in [-0.2, 0) is 0 Å². The largest absolute Gasteiger partial charge is 0.478 e. The van der Waals surface area contributed by atoms with E-state index >= 15 is 0 Å². The summed E-state index contributed by atoms with van der Waals surface area (Å²) in [6, 6.07) is 9.45. The van der Waals surface area contributed by atoms with Crippen LogP contribution in [0.25, 0.3) is 0 Å². The zero-order valence-electron chi connectivity index (χ0n) is 12.6. The first-order valence-corrected chi connectivity index (χ1v) is 6.76. The van der Waals surface area contributed by atoms with E-state index in [1.807, 2.05) is 32.0 Å². The molecule has 0 spiro atoms. The highest BCUT2D eigenvalue weighted by Crippen LogP contribution is 2.22. The van der Waals surface area contributed by atoms with E-state index in [-0.39, 0.29) is 16.9 Å². The zero-order valence-corrected chi connectivity index (χ0v) is 12.6. The molecule has 2 aromatic rings. The number of anilines is 1. The topological polar surface area (TPSA) is 105 Å². The Morgan fingerprint density at radius 1 is 1.26 bits per heavy atom. The van der Waals surface area contributed by atoms with Crippen molar-refractivity contribution in [1.29, 1.82) is 0 Å². The number of non-ortho nitro benzene ring substituents is 1. The van der Waals surface area contributed by atoms with Gasteiger partial charge in [0.1, 0.15) is 0 Å². The molecule has 0 atom stereocenters. The highest BCUT2D eigenvalue weighted by molar-refractivity contribution is 5.95. The monoisotopic (exact) mass is 313 g/mol. The highest BCUT2D eigenvalue weighted by Gasteiger charge is 2.15. The number of aryl methyl sites for hydroxylation is 2. The minimum Gasteiger partial charge on any atom is -0.478 e. The second-order valence-corrected chi connectivity index (χ2v) is 5.02. The quantitative estimate of drug-likeness (QED) is 0.500. The van der Waals surface area contributed by atoms with Gasteiger partial charge in [-0.15, -0.1) is 0 Å². The standard InChI is InChI=1S/C16H15N3O4/c1-10-3-4-11(2)12(7-10)9-17-18-15-6-5-13(19(22)23)8-14(15)16(20)21/h3-9,18H,1-2H3,(H,20,21)/b17-9-. The summed E-state index contributed by atoms with van der Waals surface area (Å²) in [5, 5.41) is 23.9. The van der Waals surface area contributed by atoms with Gasteiger partial charge in [0.2, 0.25) is 0 Å². The Labute approximate surface area is 132 Å². The van der Waals surface area contributed by atoms with Gasteiger partial charge in [0.15, 0.2) is 0 Å². The number of carbonyl (C=O) groups is 1. The molecule has 7 nitrogen and oxygen atoms in total. The predicted molar refractivity (Wildman–Crippen MR) is 87.2 cm³/mol. The molecule has 0 radical (unpaired) electrons. The van der Waals surface area contributed by atoms with Gasteiger partial charge < -0.3 is 5.11 Å². The lowest BCUT2D eigenvalue weighted by Crippen LogP contribution is -2.04. The molecule has 2 N–H and O–H groups in total. The van der Waals surface area contributed by atoms with Crippen molar-refractivity contribution in [2.75, 3.05) is 5.43 Å². The van der Waals surface area contributed by atoms with Crippen molar-refractivity contribution >= 4 is 23.6 Å². The second kappa shape index (κ2) is 6.69. The van der Waals surface area contributed by atoms with Gasteiger partial charge in [0.25, 0.3) is 5.69 Å². The summed E-state index contributed by atoms with van der Waals surface area (Å²) in [4.78, 5) is 21.3. The summed E-state index contributed by atoms with van der Waals surface area (Å²) in [7, 11) is 0. The molecule has 0 aliphatic rings. The van der Waals surface area contributed by atoms with Gasteiger partial charge in [-0.25, -0.2) is 4.79 Å². The Bertz CT molecular complexity index is 800. The number of nitrogens with one attached hydrogen (secondary N) is 1. The average Bonchev–Trinajstić information content (AvgIpc) is 2.50. The molecular formula is C16H15N3O4. The predicted octanol–water partition coefficient (Wildman–Crippen LogP) is 3.36. The molecule has 0 amide bonds. The lowest BCUT2D eigenvalue weighted by Gasteiger charge is -2.05. The molecule has 118 valence electrons. The van der Waals surface area contributed by atoms with Crippen molar-refractivity contribution in [2.24, 2.45) is 5.10 Å². The molecule has 0 saturated heterocycles. The number of hydrazone groups is 1. The van der Waals surface area contributed by atoms with Crippen LogP contribution in [-0.4, -0.2) is 22.2 Å². The number of nitro groups is 1. The normalized spacial score (nSPS) is 10.7. The Morgan fingerprint density at radius 2 is 2.00 bits per heavy atom. The smallest absolute Gasteiger partial charge is 0.338 e. The van der Waals surface area contributed by atoms with E-state index in [0.29, 0.717) is 0 Å². The second-order valence-electron chi connectivity index (χ2n) is 5.02. The summed E-state index contributed by atoms with van der Waals surface area (Å²) < 4.78 is 0. The SMILES string of the molecule is Cc1ccc(C)c(/C=N\Nc2ccc([N+](=O)[O-])cc2C(=O)O)c1. The molecule has 0 aromatic heterocycles. The van der Waals surface area contributed by atoms with Gasteiger partial charge in [0, 0.05) is 12.1 Å². The van der Waals surface area contributed by atoms with E-state index in [9.17, 15) is 14.9 Å². The molecule has 0 fully saturated rings. The fourth-order valence-electron chi connectivity index (χ4n) is 1.99. The summed E-state index contributed by atoms with van der Waals surface area (Å²) in [6.45, 7) is 3.90. The summed E-state index contributed by atoms with van der Waals surface area (Å²) in [5.41, 5.74) is 5.32. The van der Waals surface area contributed by atoms with E-state index in [2.05, 4.69) is 10.5 Å². The van der Waals surface area contributed by atoms with Crippen LogP contribution in [0.1, 0.15) is 27.0 Å². The Hall–Kier alpha value is -3.22. The lowest BCUT2D eigenvalue weighted by atomic mass is 10.1. The van der Waals surface area contributed by atoms with Crippen LogP contribution in [0.4, 0.5) is 11.4 Å². The zero-order chi connectivity index (χ0) is 17.0. The van der Waals surface area contributed by atoms with Crippen molar-refractivity contribution in [3.8, 4) is 0 Å². The van der Waals surface area contributed by atoms with Gasteiger partial charge in [-0.05, 0) is 31.0 Å². The van der Waals surface area contributed by atoms with Crippen molar-refractivity contribution in [3.05, 3.63) is 68.8 Å². The fourth-order valence-corrected chi connectivity index (χ4v) is 1.99. The molecule has 0 unspecified atom stereocenters. The molecule has 0 aliphatic carbocycles. The number of hydrogen-bond donors (Lipinski definition) is 2. The van der Waals surface area contributed by atoms with E-state index in [4.69, 9.17) is 5.11 Å². The highest BCUT2D eigenvalue weighted by atomic mass is 16.6. The summed E-state index contributed by atoms with van der Waals surface area (Å²) >= 11 is 0. The number of nitro benzene ring substituents is 1. The number of nitrogens with zero attached hydrogens (tertiary/aromatic N) is 2. The first-order chi connectivity index (χ1) is 10.9. The lowest BCUT2D eigenvalue weighted by molar-refractivity contribution is -0.384. The van der Waals surface area contributed by atoms with Crippen LogP contribution in [0, 0.1) is 24.0 Å². The third-order valence-electron chi connectivity index (χ3n) is 3.27. The summed E-state index contributed by atoms with van der Waals surface area (Å²) in [5.74, 6) is -1.27. The molecule has 23 heavy (non-hydrogen) atoms. The maximum Gasteiger partial charge on any atom is 0.338 e. The van der Waals surface area contributed by atoms with Crippen LogP contribution in [0.2, 0.25) is 0 Å². The van der Waals surface area contributed by atoms with E-state index < -0.39 is 10.9 Å². The minimum absolute atomic E-state index is 0.185. The van der Waals surface area contributed by atoms with Crippen molar-refractivity contribution < 1.29 is 14.8 Å². The number of benzene rings is 2. The van der Waals surface area contributed by atoms with Crippen LogP contribution in [0.5, 0.6) is 0 Å². The fraction of sp³-hybridized carbons (Fsp3) is 0.125. The van der Waals surface area contributed by atoms with Gasteiger partial charge in [-0.1, -0.05) is 23.8 Å². The van der Waals surface area contributed by atoms with E-state index in [1.165, 1.54) is 12.1 Å². The van der Waals surface area contributed by atoms with Gasteiger partial charge in [-0.2, -0.15) is 5.10 Å². The average molecular weight is 313 g/mol. The van der Waals surface area contributed by atoms with Crippen LogP contribution >= 0.6 is 0 Å². The molecule has 0 aliphatic heterocycles. The Balaban J connectivity index is 2.26. The molecule has 0 bridgehead atoms. The Morgan fingerprint density at radius 3 is 2.65 bits per heavy atom. The van der Waals surface area contributed by atoms with Gasteiger partial charge in [-0.3, -0.25) is 15.5 Å². The number of carboxylic acids is 1. The molecule has 0 heterocycles. The molecule has 0 saturated carbocycles. The van der Waals surface area contributed by atoms with Crippen LogP contribution in [0.3, 0.4) is 0 Å². The van der Waals surface area contributed by atoms with Crippen molar-refractivity contribution in [1.82, 2.24) is 0 Å². The Kier molecular flexibility index (Phi) is 4.70. The van der Waals surface area contributed by atoms with E-state index in [1.54, 1.807) is 6.21 Å². The van der Waals surface area contributed by atoms with Gasteiger partial charge in [0.05, 0.1) is 22.4 Å². The van der Waals surface area contributed by atoms with Crippen LogP contribution in [0.15, 0.2) is 41.5 Å². The summed E-state index contributed by atoms with van der Waals surface area (Å²) in [6.07, 6.45) is 1.58. The first kappa shape index (κ1) is 16.2. The van der Waals surface area contributed by atoms with Gasteiger partial charge >= 0.3 is 5.97 Å². The van der Waals surface area contributed by atoms with Crippen molar-refractivity contribution in [2.45, 2.75) is 13.8 Å². The minimum atomic E-state index is -1.27. The maximum absolute atomic E-state index is 11.2. The molecule has 7 heteroatoms. The van der Waals surface area contributed by atoms with Crippen LogP contribution < -0.4 is 5.43 Å². The maximum atomic E-state index is 11.2. The number of hydrogen-bond acceptors (Lipinski definition) is 5. The molecular weight excluding hydrogens is 298 g/mol. The number of carboxylic acid groups (broad SMARTS) is 1.